The van der Waals surface area contributed by atoms with Gasteiger partial charge in [0.25, 0.3) is 0 Å². The maximum atomic E-state index is 12.6. The molecular formula is C15H24N2O4. The number of hydrogen-bond donors (Lipinski definition) is 1. The lowest BCUT2D eigenvalue weighted by Gasteiger charge is -2.37. The molecule has 1 unspecified atom stereocenters. The van der Waals surface area contributed by atoms with Crippen LogP contribution < -0.4 is 0 Å². The molecule has 6 nitrogen and oxygen atoms in total. The van der Waals surface area contributed by atoms with Gasteiger partial charge in [-0.1, -0.05) is 12.8 Å². The SMILES string of the molecule is CC(C)(C)N(CC(=O)O)C1CC(=O)N(C2CCCC2)C1=O. The van der Waals surface area contributed by atoms with E-state index >= 15 is 0 Å². The maximum Gasteiger partial charge on any atom is 0.317 e. The van der Waals surface area contributed by atoms with Crippen LogP contribution in [0.3, 0.4) is 0 Å². The van der Waals surface area contributed by atoms with Crippen LogP contribution in [0.25, 0.3) is 0 Å². The van der Waals surface area contributed by atoms with Crippen molar-refractivity contribution in [3.8, 4) is 0 Å². The third kappa shape index (κ3) is 3.26. The van der Waals surface area contributed by atoms with Crippen molar-refractivity contribution in [2.24, 2.45) is 0 Å². The number of carboxylic acids is 1. The molecule has 1 atom stereocenters. The Kier molecular flexibility index (Phi) is 4.37. The van der Waals surface area contributed by atoms with Crippen LogP contribution in [0.5, 0.6) is 0 Å². The number of imide groups is 1. The summed E-state index contributed by atoms with van der Waals surface area (Å²) in [5.41, 5.74) is -0.481. The minimum atomic E-state index is -0.982. The Morgan fingerprint density at radius 2 is 1.86 bits per heavy atom. The van der Waals surface area contributed by atoms with Gasteiger partial charge in [-0.05, 0) is 33.6 Å². The van der Waals surface area contributed by atoms with E-state index in [-0.39, 0.29) is 30.8 Å². The topological polar surface area (TPSA) is 77.9 Å². The molecule has 1 saturated carbocycles. The number of carbonyl (C=O) groups is 3. The van der Waals surface area contributed by atoms with Gasteiger partial charge in [0.15, 0.2) is 0 Å². The minimum absolute atomic E-state index is 0.0154. The first-order chi connectivity index (χ1) is 9.71. The molecule has 1 aliphatic heterocycles. The standard InChI is InChI=1S/C15H24N2O4/c1-15(2,3)16(9-13(19)20)11-8-12(18)17(14(11)21)10-6-4-5-7-10/h10-11H,4-9H2,1-3H3,(H,19,20). The highest BCUT2D eigenvalue weighted by molar-refractivity contribution is 6.06. The molecule has 2 rings (SSSR count). The van der Waals surface area contributed by atoms with Crippen molar-refractivity contribution in [1.29, 1.82) is 0 Å². The van der Waals surface area contributed by atoms with Gasteiger partial charge in [0.05, 0.1) is 19.0 Å². The van der Waals surface area contributed by atoms with E-state index in [4.69, 9.17) is 5.11 Å². The lowest BCUT2D eigenvalue weighted by atomic mass is 10.0. The second-order valence-corrected chi connectivity index (χ2v) is 6.95. The lowest BCUT2D eigenvalue weighted by Crippen LogP contribution is -2.54. The fourth-order valence-corrected chi connectivity index (χ4v) is 3.38. The zero-order valence-electron chi connectivity index (χ0n) is 13.0. The summed E-state index contributed by atoms with van der Waals surface area (Å²) in [5.74, 6) is -1.36. The Bertz CT molecular complexity index is 449. The van der Waals surface area contributed by atoms with Gasteiger partial charge in [-0.2, -0.15) is 0 Å². The molecule has 2 aliphatic rings. The van der Waals surface area contributed by atoms with Crippen molar-refractivity contribution < 1.29 is 19.5 Å². The number of nitrogens with zero attached hydrogens (tertiary/aromatic N) is 2. The van der Waals surface area contributed by atoms with Crippen molar-refractivity contribution in [3.05, 3.63) is 0 Å². The van der Waals surface area contributed by atoms with E-state index in [0.717, 1.165) is 25.7 Å². The number of rotatable bonds is 4. The van der Waals surface area contributed by atoms with E-state index < -0.39 is 17.6 Å². The number of carbonyl (C=O) groups excluding carboxylic acids is 2. The summed E-state index contributed by atoms with van der Waals surface area (Å²) in [4.78, 5) is 39.0. The molecule has 0 aromatic rings. The Hall–Kier alpha value is -1.43. The maximum absolute atomic E-state index is 12.6. The number of hydrogen-bond acceptors (Lipinski definition) is 4. The van der Waals surface area contributed by atoms with Crippen LogP contribution in [0.4, 0.5) is 0 Å². The van der Waals surface area contributed by atoms with Crippen molar-refractivity contribution in [1.82, 2.24) is 9.80 Å². The number of aliphatic carboxylic acids is 1. The molecule has 0 aromatic carbocycles. The second kappa shape index (κ2) is 5.75. The smallest absolute Gasteiger partial charge is 0.317 e. The molecule has 0 spiro atoms. The van der Waals surface area contributed by atoms with Gasteiger partial charge in [0.1, 0.15) is 0 Å². The van der Waals surface area contributed by atoms with Crippen LogP contribution >= 0.6 is 0 Å². The van der Waals surface area contributed by atoms with Gasteiger partial charge in [-0.3, -0.25) is 24.2 Å². The molecule has 2 fully saturated rings. The summed E-state index contributed by atoms with van der Waals surface area (Å²) in [6.07, 6.45) is 3.94. The van der Waals surface area contributed by atoms with E-state index in [2.05, 4.69) is 0 Å². The normalized spacial score (nSPS) is 24.4. The van der Waals surface area contributed by atoms with Gasteiger partial charge >= 0.3 is 5.97 Å². The zero-order valence-corrected chi connectivity index (χ0v) is 13.0. The van der Waals surface area contributed by atoms with Crippen LogP contribution in [-0.2, 0) is 14.4 Å². The highest BCUT2D eigenvalue weighted by Crippen LogP contribution is 2.31. The van der Waals surface area contributed by atoms with E-state index in [1.807, 2.05) is 20.8 Å². The Morgan fingerprint density at radius 1 is 1.29 bits per heavy atom. The van der Waals surface area contributed by atoms with Crippen LogP contribution in [0.15, 0.2) is 0 Å². The van der Waals surface area contributed by atoms with Crippen LogP contribution in [0, 0.1) is 0 Å². The van der Waals surface area contributed by atoms with Crippen LogP contribution in [0.2, 0.25) is 0 Å². The summed E-state index contributed by atoms with van der Waals surface area (Å²) in [7, 11) is 0. The van der Waals surface area contributed by atoms with Gasteiger partial charge in [-0.25, -0.2) is 0 Å². The average Bonchev–Trinajstić information content (AvgIpc) is 2.93. The first-order valence-electron chi connectivity index (χ1n) is 7.56. The van der Waals surface area contributed by atoms with Gasteiger partial charge < -0.3 is 5.11 Å². The molecule has 0 radical (unpaired) electrons. The summed E-state index contributed by atoms with van der Waals surface area (Å²) in [5, 5.41) is 9.09. The predicted octanol–water partition coefficient (Wildman–Crippen LogP) is 1.24. The second-order valence-electron chi connectivity index (χ2n) is 6.95. The van der Waals surface area contributed by atoms with Crippen LogP contribution in [-0.4, -0.2) is 56.9 Å². The Labute approximate surface area is 125 Å². The Balaban J connectivity index is 2.20. The molecule has 1 N–H and O–H groups in total. The summed E-state index contributed by atoms with van der Waals surface area (Å²) < 4.78 is 0. The largest absolute Gasteiger partial charge is 0.480 e. The van der Waals surface area contributed by atoms with Gasteiger partial charge in [0, 0.05) is 11.6 Å². The molecule has 21 heavy (non-hydrogen) atoms. The molecule has 2 amide bonds. The highest BCUT2D eigenvalue weighted by Gasteiger charge is 2.48. The van der Waals surface area contributed by atoms with Crippen molar-refractivity contribution >= 4 is 17.8 Å². The summed E-state index contributed by atoms with van der Waals surface area (Å²) in [6, 6.07) is -0.629. The first kappa shape index (κ1) is 15.9. The van der Waals surface area contributed by atoms with Crippen molar-refractivity contribution in [2.45, 2.75) is 70.5 Å². The molecule has 6 heteroatoms. The fraction of sp³-hybridized carbons (Fsp3) is 0.800. The monoisotopic (exact) mass is 296 g/mol. The van der Waals surface area contributed by atoms with Gasteiger partial charge in [0.2, 0.25) is 11.8 Å². The predicted molar refractivity (Wildman–Crippen MR) is 76.6 cm³/mol. The van der Waals surface area contributed by atoms with E-state index in [9.17, 15) is 14.4 Å². The molecule has 118 valence electrons. The van der Waals surface area contributed by atoms with Crippen molar-refractivity contribution in [3.63, 3.8) is 0 Å². The van der Waals surface area contributed by atoms with Crippen molar-refractivity contribution in [2.75, 3.05) is 6.54 Å². The third-order valence-electron chi connectivity index (χ3n) is 4.39. The molecule has 0 aromatic heterocycles. The highest BCUT2D eigenvalue weighted by atomic mass is 16.4. The third-order valence-corrected chi connectivity index (χ3v) is 4.39. The fourth-order valence-electron chi connectivity index (χ4n) is 3.38. The molecule has 0 bridgehead atoms. The van der Waals surface area contributed by atoms with E-state index in [1.165, 1.54) is 4.90 Å². The van der Waals surface area contributed by atoms with E-state index in [1.54, 1.807) is 4.90 Å². The number of carboxylic acid groups (broad SMARTS) is 1. The summed E-state index contributed by atoms with van der Waals surface area (Å²) in [6.45, 7) is 5.37. The quantitative estimate of drug-likeness (QED) is 0.790. The Morgan fingerprint density at radius 3 is 2.33 bits per heavy atom. The number of amides is 2. The molecular weight excluding hydrogens is 272 g/mol. The average molecular weight is 296 g/mol. The molecule has 1 aliphatic carbocycles. The zero-order chi connectivity index (χ0) is 15.8. The van der Waals surface area contributed by atoms with Gasteiger partial charge in [-0.15, -0.1) is 0 Å². The molecule has 1 heterocycles. The number of likely N-dealkylation sites (tertiary alicyclic amines) is 1. The first-order valence-corrected chi connectivity index (χ1v) is 7.56. The minimum Gasteiger partial charge on any atom is -0.480 e. The summed E-state index contributed by atoms with van der Waals surface area (Å²) >= 11 is 0. The van der Waals surface area contributed by atoms with Crippen LogP contribution in [0.1, 0.15) is 52.9 Å². The van der Waals surface area contributed by atoms with E-state index in [0.29, 0.717) is 0 Å². The lowest BCUT2D eigenvalue weighted by molar-refractivity contribution is -0.145. The molecule has 1 saturated heterocycles.